The minimum absolute atomic E-state index is 0.0307. The van der Waals surface area contributed by atoms with Crippen LogP contribution in [0.4, 0.5) is 0 Å². The molecule has 0 fully saturated rings. The van der Waals surface area contributed by atoms with E-state index in [2.05, 4.69) is 0 Å². The molecule has 4 nitrogen and oxygen atoms in total. The third-order valence-electron chi connectivity index (χ3n) is 1.91. The first-order chi connectivity index (χ1) is 7.04. The van der Waals surface area contributed by atoms with Crippen molar-refractivity contribution in [2.45, 2.75) is 13.3 Å². The molecule has 0 aliphatic carbocycles. The molecule has 0 atom stereocenters. The number of aromatic hydroxyl groups is 1. The number of ether oxygens (including phenoxy) is 1. The van der Waals surface area contributed by atoms with E-state index in [0.29, 0.717) is 5.56 Å². The Labute approximate surface area is 87.5 Å². The van der Waals surface area contributed by atoms with Gasteiger partial charge in [-0.05, 0) is 25.1 Å². The summed E-state index contributed by atoms with van der Waals surface area (Å²) in [6.07, 6.45) is -0.131. The van der Waals surface area contributed by atoms with Gasteiger partial charge in [-0.25, -0.2) is 0 Å². The molecule has 4 heteroatoms. The van der Waals surface area contributed by atoms with Gasteiger partial charge in [-0.2, -0.15) is 0 Å². The van der Waals surface area contributed by atoms with Gasteiger partial charge in [-0.1, -0.05) is 0 Å². The van der Waals surface area contributed by atoms with E-state index in [1.165, 1.54) is 32.2 Å². The molecule has 0 spiro atoms. The minimum atomic E-state index is -0.277. The average Bonchev–Trinajstić information content (AvgIpc) is 2.17. The second-order valence-electron chi connectivity index (χ2n) is 3.19. The Balaban J connectivity index is 2.95. The number of phenolic OH excluding ortho intramolecular Hbond substituents is 1. The van der Waals surface area contributed by atoms with Crippen LogP contribution in [0, 0.1) is 0 Å². The molecule has 80 valence electrons. The molecule has 1 aromatic carbocycles. The van der Waals surface area contributed by atoms with Crippen molar-refractivity contribution in [1.29, 1.82) is 0 Å². The first-order valence-electron chi connectivity index (χ1n) is 4.44. The molecule has 0 saturated heterocycles. The van der Waals surface area contributed by atoms with Crippen LogP contribution in [0.3, 0.4) is 0 Å². The lowest BCUT2D eigenvalue weighted by Crippen LogP contribution is -2.04. The number of benzene rings is 1. The van der Waals surface area contributed by atoms with Crippen molar-refractivity contribution in [3.8, 4) is 11.5 Å². The van der Waals surface area contributed by atoms with Crippen molar-refractivity contribution < 1.29 is 19.4 Å². The first-order valence-corrected chi connectivity index (χ1v) is 4.44. The number of Topliss-reactive ketones (excluding diaryl/α,β-unsaturated/α-hetero) is 2. The lowest BCUT2D eigenvalue weighted by Gasteiger charge is -2.05. The molecule has 1 rings (SSSR count). The van der Waals surface area contributed by atoms with Crippen molar-refractivity contribution in [2.24, 2.45) is 0 Å². The summed E-state index contributed by atoms with van der Waals surface area (Å²) in [6, 6.07) is 4.25. The number of carbonyl (C=O) groups excluding carboxylic acids is 2. The summed E-state index contributed by atoms with van der Waals surface area (Å²) in [6.45, 7) is 1.36. The number of hydrogen-bond donors (Lipinski definition) is 1. The van der Waals surface area contributed by atoms with Crippen molar-refractivity contribution in [3.05, 3.63) is 23.8 Å². The van der Waals surface area contributed by atoms with E-state index in [9.17, 15) is 14.7 Å². The highest BCUT2D eigenvalue weighted by Gasteiger charge is 2.11. The average molecular weight is 208 g/mol. The van der Waals surface area contributed by atoms with E-state index in [-0.39, 0.29) is 29.5 Å². The normalized spacial score (nSPS) is 9.73. The molecule has 0 aliphatic rings. The van der Waals surface area contributed by atoms with E-state index < -0.39 is 0 Å². The molecule has 0 amide bonds. The van der Waals surface area contributed by atoms with Gasteiger partial charge in [-0.15, -0.1) is 0 Å². The Kier molecular flexibility index (Phi) is 3.44. The highest BCUT2D eigenvalue weighted by atomic mass is 16.5. The lowest BCUT2D eigenvalue weighted by atomic mass is 10.1. The maximum Gasteiger partial charge on any atom is 0.170 e. The molecular weight excluding hydrogens is 196 g/mol. The topological polar surface area (TPSA) is 63.6 Å². The Morgan fingerprint density at radius 2 is 2.07 bits per heavy atom. The molecule has 0 bridgehead atoms. The van der Waals surface area contributed by atoms with Crippen molar-refractivity contribution in [1.82, 2.24) is 0 Å². The summed E-state index contributed by atoms with van der Waals surface area (Å²) in [7, 11) is 1.40. The molecule has 1 aromatic rings. The van der Waals surface area contributed by atoms with Gasteiger partial charge >= 0.3 is 0 Å². The van der Waals surface area contributed by atoms with Gasteiger partial charge in [0.05, 0.1) is 13.5 Å². The maximum absolute atomic E-state index is 11.5. The summed E-state index contributed by atoms with van der Waals surface area (Å²) >= 11 is 0. The Morgan fingerprint density at radius 3 is 2.60 bits per heavy atom. The fourth-order valence-corrected chi connectivity index (χ4v) is 1.18. The van der Waals surface area contributed by atoms with E-state index >= 15 is 0 Å². The zero-order chi connectivity index (χ0) is 11.4. The Hall–Kier alpha value is -1.84. The van der Waals surface area contributed by atoms with Crippen LogP contribution >= 0.6 is 0 Å². The number of phenols is 1. The van der Waals surface area contributed by atoms with Gasteiger partial charge < -0.3 is 9.84 Å². The number of methoxy groups -OCH3 is 1. The fourth-order valence-electron chi connectivity index (χ4n) is 1.18. The van der Waals surface area contributed by atoms with Crippen LogP contribution in [0.1, 0.15) is 23.7 Å². The van der Waals surface area contributed by atoms with Gasteiger partial charge in [0.2, 0.25) is 0 Å². The van der Waals surface area contributed by atoms with Gasteiger partial charge in [0.25, 0.3) is 0 Å². The quantitative estimate of drug-likeness (QED) is 0.602. The lowest BCUT2D eigenvalue weighted by molar-refractivity contribution is -0.116. The molecule has 1 N–H and O–H groups in total. The summed E-state index contributed by atoms with van der Waals surface area (Å²) < 4.78 is 4.85. The number of rotatable bonds is 4. The number of ketones is 2. The second-order valence-corrected chi connectivity index (χ2v) is 3.19. The maximum atomic E-state index is 11.5. The van der Waals surface area contributed by atoms with Crippen LogP contribution in [0.25, 0.3) is 0 Å². The zero-order valence-electron chi connectivity index (χ0n) is 8.61. The summed E-state index contributed by atoms with van der Waals surface area (Å²) in [5.41, 5.74) is 0.361. The molecule has 15 heavy (non-hydrogen) atoms. The fraction of sp³-hybridized carbons (Fsp3) is 0.273. The summed E-state index contributed by atoms with van der Waals surface area (Å²) in [4.78, 5) is 22.2. The molecule has 0 saturated carbocycles. The van der Waals surface area contributed by atoms with E-state index in [4.69, 9.17) is 4.74 Å². The number of carbonyl (C=O) groups is 2. The van der Waals surface area contributed by atoms with Gasteiger partial charge in [0, 0.05) is 5.56 Å². The third kappa shape index (κ3) is 2.80. The highest BCUT2D eigenvalue weighted by molar-refractivity contribution is 6.07. The van der Waals surface area contributed by atoms with Crippen LogP contribution in [-0.4, -0.2) is 23.8 Å². The Bertz CT molecular complexity index is 396. The smallest absolute Gasteiger partial charge is 0.170 e. The molecule has 0 aromatic heterocycles. The van der Waals surface area contributed by atoms with Crippen molar-refractivity contribution in [2.75, 3.05) is 7.11 Å². The number of hydrogen-bond acceptors (Lipinski definition) is 4. The van der Waals surface area contributed by atoms with Gasteiger partial charge in [0.1, 0.15) is 5.78 Å². The molecule has 0 aliphatic heterocycles. The molecule has 0 unspecified atom stereocenters. The molecular formula is C11H12O4. The SMILES string of the molecule is COc1cc(C(=O)CC(C)=O)ccc1O. The second kappa shape index (κ2) is 4.59. The predicted molar refractivity (Wildman–Crippen MR) is 54.3 cm³/mol. The minimum Gasteiger partial charge on any atom is -0.504 e. The largest absolute Gasteiger partial charge is 0.504 e. The van der Waals surface area contributed by atoms with Crippen LogP contribution in [-0.2, 0) is 4.79 Å². The Morgan fingerprint density at radius 1 is 1.40 bits per heavy atom. The van der Waals surface area contributed by atoms with Crippen molar-refractivity contribution >= 4 is 11.6 Å². The van der Waals surface area contributed by atoms with E-state index in [0.717, 1.165) is 0 Å². The van der Waals surface area contributed by atoms with Crippen LogP contribution in [0.2, 0.25) is 0 Å². The standard InChI is InChI=1S/C11H12O4/c1-7(12)5-10(14)8-3-4-9(13)11(6-8)15-2/h3-4,6,13H,5H2,1-2H3. The predicted octanol–water partition coefficient (Wildman–Crippen LogP) is 1.56. The molecule has 0 heterocycles. The van der Waals surface area contributed by atoms with Crippen LogP contribution in [0.5, 0.6) is 11.5 Å². The summed E-state index contributed by atoms with van der Waals surface area (Å²) in [5, 5.41) is 9.30. The third-order valence-corrected chi connectivity index (χ3v) is 1.91. The zero-order valence-corrected chi connectivity index (χ0v) is 8.61. The van der Waals surface area contributed by atoms with Crippen LogP contribution in [0.15, 0.2) is 18.2 Å². The van der Waals surface area contributed by atoms with Crippen molar-refractivity contribution in [3.63, 3.8) is 0 Å². The van der Waals surface area contributed by atoms with E-state index in [1.807, 2.05) is 0 Å². The van der Waals surface area contributed by atoms with E-state index in [1.54, 1.807) is 0 Å². The van der Waals surface area contributed by atoms with Crippen LogP contribution < -0.4 is 4.74 Å². The van der Waals surface area contributed by atoms with Gasteiger partial charge in [0.15, 0.2) is 17.3 Å². The monoisotopic (exact) mass is 208 g/mol. The molecule has 0 radical (unpaired) electrons. The highest BCUT2D eigenvalue weighted by Crippen LogP contribution is 2.26. The summed E-state index contributed by atoms with van der Waals surface area (Å²) in [5.74, 6) is -0.269. The first kappa shape index (κ1) is 11.2. The van der Waals surface area contributed by atoms with Gasteiger partial charge in [-0.3, -0.25) is 9.59 Å².